The number of hydrogen-bond acceptors (Lipinski definition) is 6. The monoisotopic (exact) mass is 416 g/mol. The van der Waals surface area contributed by atoms with E-state index >= 15 is 0 Å². The standard InChI is InChI=1S/C20H17ClN2O4S/c1-11-17(12-3-5-14(21)6-4-12)22-20(28-11)23-19(24)13-9-15(25-2)18-16(10-13)26-7-8-27-18/h3-6,9-10H,7-8H2,1-2H3,(H,22,23,24). The van der Waals surface area contributed by atoms with E-state index in [1.807, 2.05) is 31.2 Å². The van der Waals surface area contributed by atoms with Crippen LogP contribution in [-0.4, -0.2) is 31.2 Å². The van der Waals surface area contributed by atoms with Gasteiger partial charge in [0.2, 0.25) is 5.75 Å². The Morgan fingerprint density at radius 2 is 1.96 bits per heavy atom. The zero-order valence-electron chi connectivity index (χ0n) is 15.2. The lowest BCUT2D eigenvalue weighted by Gasteiger charge is -2.21. The fraction of sp³-hybridized carbons (Fsp3) is 0.200. The molecule has 0 saturated heterocycles. The van der Waals surface area contributed by atoms with E-state index in [1.54, 1.807) is 12.1 Å². The van der Waals surface area contributed by atoms with E-state index in [9.17, 15) is 4.79 Å². The molecule has 28 heavy (non-hydrogen) atoms. The number of benzene rings is 2. The van der Waals surface area contributed by atoms with Gasteiger partial charge in [0.05, 0.1) is 12.8 Å². The van der Waals surface area contributed by atoms with E-state index < -0.39 is 0 Å². The Labute approximate surface area is 171 Å². The zero-order valence-corrected chi connectivity index (χ0v) is 16.8. The number of nitrogens with one attached hydrogen (secondary N) is 1. The third-order valence-corrected chi connectivity index (χ3v) is 5.36. The Hall–Kier alpha value is -2.77. The van der Waals surface area contributed by atoms with Gasteiger partial charge in [0.15, 0.2) is 16.6 Å². The molecule has 8 heteroatoms. The van der Waals surface area contributed by atoms with Crippen molar-refractivity contribution in [2.75, 3.05) is 25.6 Å². The summed E-state index contributed by atoms with van der Waals surface area (Å²) in [5.41, 5.74) is 2.17. The van der Waals surface area contributed by atoms with Crippen LogP contribution >= 0.6 is 22.9 Å². The minimum absolute atomic E-state index is 0.299. The summed E-state index contributed by atoms with van der Waals surface area (Å²) in [4.78, 5) is 18.3. The van der Waals surface area contributed by atoms with Gasteiger partial charge in [-0.15, -0.1) is 11.3 Å². The molecule has 1 N–H and O–H groups in total. The minimum atomic E-state index is -0.299. The first-order chi connectivity index (χ1) is 13.5. The molecule has 1 aliphatic rings. The van der Waals surface area contributed by atoms with E-state index in [-0.39, 0.29) is 5.91 Å². The Morgan fingerprint density at radius 3 is 2.71 bits per heavy atom. The first-order valence-corrected chi connectivity index (χ1v) is 9.77. The summed E-state index contributed by atoms with van der Waals surface area (Å²) in [5, 5.41) is 4.03. The predicted molar refractivity (Wildman–Crippen MR) is 109 cm³/mol. The van der Waals surface area contributed by atoms with Crippen molar-refractivity contribution in [2.45, 2.75) is 6.92 Å². The van der Waals surface area contributed by atoms with Crippen LogP contribution in [0, 0.1) is 6.92 Å². The van der Waals surface area contributed by atoms with Crippen LogP contribution in [0.2, 0.25) is 5.02 Å². The number of methoxy groups -OCH3 is 1. The van der Waals surface area contributed by atoms with Crippen molar-refractivity contribution in [3.05, 3.63) is 51.9 Å². The number of thiazole rings is 1. The minimum Gasteiger partial charge on any atom is -0.493 e. The summed E-state index contributed by atoms with van der Waals surface area (Å²) in [6, 6.07) is 10.7. The van der Waals surface area contributed by atoms with Crippen LogP contribution < -0.4 is 19.5 Å². The molecular weight excluding hydrogens is 400 g/mol. The molecule has 1 aliphatic heterocycles. The van der Waals surface area contributed by atoms with Crippen LogP contribution in [0.5, 0.6) is 17.2 Å². The Bertz CT molecular complexity index is 1020. The number of hydrogen-bond donors (Lipinski definition) is 1. The van der Waals surface area contributed by atoms with Crippen molar-refractivity contribution < 1.29 is 19.0 Å². The van der Waals surface area contributed by atoms with E-state index in [1.165, 1.54) is 18.4 Å². The van der Waals surface area contributed by atoms with Gasteiger partial charge in [0.1, 0.15) is 13.2 Å². The van der Waals surface area contributed by atoms with Crippen molar-refractivity contribution >= 4 is 34.0 Å². The molecule has 0 atom stereocenters. The number of nitrogens with zero attached hydrogens (tertiary/aromatic N) is 1. The first-order valence-electron chi connectivity index (χ1n) is 8.57. The molecule has 0 unspecified atom stereocenters. The molecule has 3 aromatic rings. The Kier molecular flexibility index (Phi) is 5.11. The molecule has 4 rings (SSSR count). The van der Waals surface area contributed by atoms with Crippen LogP contribution in [-0.2, 0) is 0 Å². The number of rotatable bonds is 4. The summed E-state index contributed by atoms with van der Waals surface area (Å²) in [6.45, 7) is 2.84. The fourth-order valence-corrected chi connectivity index (χ4v) is 3.86. The molecule has 6 nitrogen and oxygen atoms in total. The van der Waals surface area contributed by atoms with Crippen molar-refractivity contribution in [2.24, 2.45) is 0 Å². The Morgan fingerprint density at radius 1 is 1.21 bits per heavy atom. The van der Waals surface area contributed by atoms with Gasteiger partial charge in [0.25, 0.3) is 5.91 Å². The van der Waals surface area contributed by atoms with Crippen LogP contribution in [0.4, 0.5) is 5.13 Å². The first kappa shape index (κ1) is 18.6. The number of fused-ring (bicyclic) bond motifs is 1. The van der Waals surface area contributed by atoms with Crippen LogP contribution in [0.1, 0.15) is 15.2 Å². The molecular formula is C20H17ClN2O4S. The smallest absolute Gasteiger partial charge is 0.257 e. The van der Waals surface area contributed by atoms with Crippen LogP contribution in [0.15, 0.2) is 36.4 Å². The maximum Gasteiger partial charge on any atom is 0.257 e. The van der Waals surface area contributed by atoms with Gasteiger partial charge in [-0.25, -0.2) is 4.98 Å². The van der Waals surface area contributed by atoms with E-state index in [4.69, 9.17) is 25.8 Å². The SMILES string of the molecule is COc1cc(C(=O)Nc2nc(-c3ccc(Cl)cc3)c(C)s2)cc2c1OCCO2. The van der Waals surface area contributed by atoms with Gasteiger partial charge in [-0.05, 0) is 31.2 Å². The highest BCUT2D eigenvalue weighted by Crippen LogP contribution is 2.40. The molecule has 0 spiro atoms. The fourth-order valence-electron chi connectivity index (χ4n) is 2.90. The third-order valence-electron chi connectivity index (χ3n) is 4.22. The van der Waals surface area contributed by atoms with Crippen LogP contribution in [0.25, 0.3) is 11.3 Å². The van der Waals surface area contributed by atoms with Crippen molar-refractivity contribution in [3.63, 3.8) is 0 Å². The van der Waals surface area contributed by atoms with Gasteiger partial charge in [-0.3, -0.25) is 10.1 Å². The summed E-state index contributed by atoms with van der Waals surface area (Å²) < 4.78 is 16.5. The van der Waals surface area contributed by atoms with Gasteiger partial charge in [-0.2, -0.15) is 0 Å². The molecule has 144 valence electrons. The molecule has 0 radical (unpaired) electrons. The second-order valence-electron chi connectivity index (χ2n) is 6.09. The van der Waals surface area contributed by atoms with Gasteiger partial charge >= 0.3 is 0 Å². The molecule has 2 aromatic carbocycles. The summed E-state index contributed by atoms with van der Waals surface area (Å²) in [5.74, 6) is 1.17. The van der Waals surface area contributed by atoms with Gasteiger partial charge in [0, 0.05) is 21.0 Å². The highest BCUT2D eigenvalue weighted by molar-refractivity contribution is 7.16. The highest BCUT2D eigenvalue weighted by atomic mass is 35.5. The topological polar surface area (TPSA) is 69.7 Å². The second kappa shape index (κ2) is 7.69. The number of aromatic nitrogens is 1. The molecule has 0 saturated carbocycles. The van der Waals surface area contributed by atoms with Crippen molar-refractivity contribution in [3.8, 4) is 28.5 Å². The number of carbonyl (C=O) groups excluding carboxylic acids is 1. The van der Waals surface area contributed by atoms with Gasteiger partial charge in [-0.1, -0.05) is 23.7 Å². The van der Waals surface area contributed by atoms with Crippen molar-refractivity contribution in [1.29, 1.82) is 0 Å². The zero-order chi connectivity index (χ0) is 19.7. The molecule has 1 aromatic heterocycles. The van der Waals surface area contributed by atoms with E-state index in [2.05, 4.69) is 10.3 Å². The lowest BCUT2D eigenvalue weighted by atomic mass is 10.1. The molecule has 1 amide bonds. The van der Waals surface area contributed by atoms with E-state index in [0.717, 1.165) is 16.1 Å². The average molecular weight is 417 g/mol. The molecule has 2 heterocycles. The number of amides is 1. The number of ether oxygens (including phenoxy) is 3. The maximum atomic E-state index is 12.8. The maximum absolute atomic E-state index is 12.8. The highest BCUT2D eigenvalue weighted by Gasteiger charge is 2.21. The predicted octanol–water partition coefficient (Wildman–Crippen LogP) is 4.80. The molecule has 0 bridgehead atoms. The van der Waals surface area contributed by atoms with Crippen molar-refractivity contribution in [1.82, 2.24) is 4.98 Å². The summed E-state index contributed by atoms with van der Waals surface area (Å²) >= 11 is 7.36. The summed E-state index contributed by atoms with van der Waals surface area (Å²) in [7, 11) is 1.53. The largest absolute Gasteiger partial charge is 0.493 e. The normalized spacial score (nSPS) is 12.5. The average Bonchev–Trinajstić information content (AvgIpc) is 3.07. The van der Waals surface area contributed by atoms with Crippen LogP contribution in [0.3, 0.4) is 0 Å². The quantitative estimate of drug-likeness (QED) is 0.661. The second-order valence-corrected chi connectivity index (χ2v) is 7.73. The lowest BCUT2D eigenvalue weighted by molar-refractivity contribution is 0.102. The third kappa shape index (κ3) is 3.63. The summed E-state index contributed by atoms with van der Waals surface area (Å²) in [6.07, 6.45) is 0. The lowest BCUT2D eigenvalue weighted by Crippen LogP contribution is -2.18. The van der Waals surface area contributed by atoms with E-state index in [0.29, 0.717) is 46.2 Å². The number of anilines is 1. The number of carbonyl (C=O) groups is 1. The molecule has 0 fully saturated rings. The van der Waals surface area contributed by atoms with Gasteiger partial charge < -0.3 is 14.2 Å². The molecule has 0 aliphatic carbocycles. The Balaban J connectivity index is 1.59. The number of halogens is 1. The number of aryl methyl sites for hydroxylation is 1.